The van der Waals surface area contributed by atoms with E-state index in [1.165, 1.54) is 16.2 Å². The van der Waals surface area contributed by atoms with Gasteiger partial charge in [-0.3, -0.25) is 14.5 Å². The Morgan fingerprint density at radius 2 is 2.25 bits per heavy atom. The van der Waals surface area contributed by atoms with Crippen LogP contribution in [0.2, 0.25) is 4.47 Å². The Morgan fingerprint density at radius 3 is 2.69 bits per heavy atom. The molecule has 6 heteroatoms. The Kier molecular flexibility index (Phi) is 2.75. The van der Waals surface area contributed by atoms with Crippen LogP contribution in [0, 0.1) is 5.41 Å². The van der Waals surface area contributed by atoms with Crippen molar-refractivity contribution in [2.24, 2.45) is 5.41 Å². The number of carbonyl (C=O) groups excluding carboxylic acids is 2. The van der Waals surface area contributed by atoms with Crippen molar-refractivity contribution >= 4 is 34.8 Å². The Bertz CT molecular complexity index is 455. The SMILES string of the molecule is CC1(C)CC(=O)N(Cc2cnc(Cl)s2)C1=O. The Balaban J connectivity index is 2.17. The number of hydrogen-bond donors (Lipinski definition) is 0. The topological polar surface area (TPSA) is 50.3 Å². The number of nitrogens with zero attached hydrogens (tertiary/aromatic N) is 2. The second-order valence-electron chi connectivity index (χ2n) is 4.43. The highest BCUT2D eigenvalue weighted by Crippen LogP contribution is 2.33. The second-order valence-corrected chi connectivity index (χ2v) is 6.12. The van der Waals surface area contributed by atoms with Crippen molar-refractivity contribution in [1.82, 2.24) is 9.88 Å². The maximum atomic E-state index is 11.9. The first kappa shape index (κ1) is 11.5. The highest BCUT2D eigenvalue weighted by atomic mass is 35.5. The summed E-state index contributed by atoms with van der Waals surface area (Å²) < 4.78 is 0.424. The normalized spacial score (nSPS) is 19.6. The predicted molar refractivity (Wildman–Crippen MR) is 61.1 cm³/mol. The molecule has 0 aliphatic carbocycles. The minimum absolute atomic E-state index is 0.123. The highest BCUT2D eigenvalue weighted by Gasteiger charge is 2.44. The van der Waals surface area contributed by atoms with E-state index in [1.807, 2.05) is 0 Å². The molecular weight excluding hydrogens is 248 g/mol. The van der Waals surface area contributed by atoms with Gasteiger partial charge in [0, 0.05) is 17.5 Å². The van der Waals surface area contributed by atoms with Gasteiger partial charge < -0.3 is 0 Å². The number of likely N-dealkylation sites (tertiary alicyclic amines) is 1. The maximum absolute atomic E-state index is 11.9. The number of aromatic nitrogens is 1. The van der Waals surface area contributed by atoms with Gasteiger partial charge in [-0.05, 0) is 0 Å². The fourth-order valence-electron chi connectivity index (χ4n) is 1.70. The van der Waals surface area contributed by atoms with Crippen molar-refractivity contribution < 1.29 is 9.59 Å². The summed E-state index contributed by atoms with van der Waals surface area (Å²) >= 11 is 6.98. The lowest BCUT2D eigenvalue weighted by molar-refractivity contribution is -0.141. The summed E-state index contributed by atoms with van der Waals surface area (Å²) in [5.41, 5.74) is -0.578. The fraction of sp³-hybridized carbons (Fsp3) is 0.500. The van der Waals surface area contributed by atoms with E-state index in [0.717, 1.165) is 4.88 Å². The van der Waals surface area contributed by atoms with E-state index >= 15 is 0 Å². The molecule has 0 atom stereocenters. The van der Waals surface area contributed by atoms with Crippen LogP contribution in [0.15, 0.2) is 6.20 Å². The zero-order chi connectivity index (χ0) is 11.9. The van der Waals surface area contributed by atoms with Gasteiger partial charge in [0.1, 0.15) is 0 Å². The molecule has 0 bridgehead atoms. The molecule has 1 aromatic rings. The molecule has 2 rings (SSSR count). The molecule has 1 saturated heterocycles. The summed E-state index contributed by atoms with van der Waals surface area (Å²) in [6, 6.07) is 0. The molecule has 1 aromatic heterocycles. The molecule has 86 valence electrons. The van der Waals surface area contributed by atoms with Crippen LogP contribution in [0.4, 0.5) is 0 Å². The summed E-state index contributed by atoms with van der Waals surface area (Å²) in [5, 5.41) is 0. The van der Waals surface area contributed by atoms with Gasteiger partial charge in [-0.2, -0.15) is 0 Å². The quantitative estimate of drug-likeness (QED) is 0.763. The van der Waals surface area contributed by atoms with Gasteiger partial charge >= 0.3 is 0 Å². The largest absolute Gasteiger partial charge is 0.277 e. The Labute approximate surface area is 102 Å². The highest BCUT2D eigenvalue weighted by molar-refractivity contribution is 7.15. The number of thiazole rings is 1. The van der Waals surface area contributed by atoms with Gasteiger partial charge in [0.25, 0.3) is 0 Å². The van der Waals surface area contributed by atoms with Crippen molar-refractivity contribution in [1.29, 1.82) is 0 Å². The molecule has 0 unspecified atom stereocenters. The van der Waals surface area contributed by atoms with Crippen molar-refractivity contribution in [2.75, 3.05) is 0 Å². The number of amides is 2. The molecule has 16 heavy (non-hydrogen) atoms. The van der Waals surface area contributed by atoms with Crippen LogP contribution in [-0.2, 0) is 16.1 Å². The monoisotopic (exact) mass is 258 g/mol. The molecular formula is C10H11ClN2O2S. The third kappa shape index (κ3) is 1.97. The number of carbonyl (C=O) groups is 2. The van der Waals surface area contributed by atoms with E-state index in [-0.39, 0.29) is 24.8 Å². The fourth-order valence-corrected chi connectivity index (χ4v) is 2.67. The summed E-state index contributed by atoms with van der Waals surface area (Å²) in [6.45, 7) is 3.85. The summed E-state index contributed by atoms with van der Waals surface area (Å²) in [4.78, 5) is 29.6. The predicted octanol–water partition coefficient (Wildman–Crippen LogP) is 2.08. The first-order valence-corrected chi connectivity index (χ1v) is 6.04. The Morgan fingerprint density at radius 1 is 1.56 bits per heavy atom. The number of halogens is 1. The van der Waals surface area contributed by atoms with E-state index < -0.39 is 5.41 Å². The van der Waals surface area contributed by atoms with Crippen LogP contribution >= 0.6 is 22.9 Å². The standard InChI is InChI=1S/C10H11ClN2O2S/c1-10(2)3-7(14)13(8(10)15)5-6-4-12-9(11)16-6/h4H,3,5H2,1-2H3. The van der Waals surface area contributed by atoms with Crippen molar-refractivity contribution in [2.45, 2.75) is 26.8 Å². The minimum atomic E-state index is -0.578. The molecule has 1 fully saturated rings. The molecule has 4 nitrogen and oxygen atoms in total. The molecule has 2 amide bonds. The van der Waals surface area contributed by atoms with Crippen LogP contribution in [0.1, 0.15) is 25.1 Å². The second kappa shape index (κ2) is 3.82. The first-order valence-electron chi connectivity index (χ1n) is 4.85. The van der Waals surface area contributed by atoms with E-state index in [2.05, 4.69) is 4.98 Å². The lowest BCUT2D eigenvalue weighted by Crippen LogP contribution is -2.32. The van der Waals surface area contributed by atoms with Crippen molar-refractivity contribution in [3.63, 3.8) is 0 Å². The molecule has 0 radical (unpaired) electrons. The first-order chi connectivity index (χ1) is 7.40. The number of hydrogen-bond acceptors (Lipinski definition) is 4. The maximum Gasteiger partial charge on any atom is 0.235 e. The molecule has 0 aromatic carbocycles. The van der Waals surface area contributed by atoms with E-state index in [1.54, 1.807) is 20.0 Å². The summed E-state index contributed by atoms with van der Waals surface area (Å²) in [6.07, 6.45) is 1.87. The molecule has 1 aliphatic rings. The molecule has 1 aliphatic heterocycles. The molecule has 0 N–H and O–H groups in total. The average molecular weight is 259 g/mol. The Hall–Kier alpha value is -0.940. The van der Waals surface area contributed by atoms with E-state index in [4.69, 9.17) is 11.6 Å². The molecule has 2 heterocycles. The molecule has 0 saturated carbocycles. The summed E-state index contributed by atoms with van der Waals surface area (Å²) in [7, 11) is 0. The summed E-state index contributed by atoms with van der Waals surface area (Å²) in [5.74, 6) is -0.249. The smallest absolute Gasteiger partial charge is 0.235 e. The lowest BCUT2D eigenvalue weighted by Gasteiger charge is -2.16. The zero-order valence-electron chi connectivity index (χ0n) is 8.99. The van der Waals surface area contributed by atoms with Crippen LogP contribution in [0.25, 0.3) is 0 Å². The lowest BCUT2D eigenvalue weighted by atomic mass is 9.92. The minimum Gasteiger partial charge on any atom is -0.277 e. The van der Waals surface area contributed by atoms with Crippen molar-refractivity contribution in [3.05, 3.63) is 15.5 Å². The van der Waals surface area contributed by atoms with Crippen LogP contribution < -0.4 is 0 Å². The van der Waals surface area contributed by atoms with Crippen LogP contribution in [-0.4, -0.2) is 21.7 Å². The van der Waals surface area contributed by atoms with E-state index in [9.17, 15) is 9.59 Å². The van der Waals surface area contributed by atoms with Gasteiger partial charge in [0.05, 0.1) is 12.0 Å². The van der Waals surface area contributed by atoms with E-state index in [0.29, 0.717) is 4.47 Å². The van der Waals surface area contributed by atoms with Crippen LogP contribution in [0.5, 0.6) is 0 Å². The zero-order valence-corrected chi connectivity index (χ0v) is 10.6. The number of imide groups is 1. The van der Waals surface area contributed by atoms with Gasteiger partial charge in [-0.25, -0.2) is 4.98 Å². The van der Waals surface area contributed by atoms with Gasteiger partial charge in [0.15, 0.2) is 4.47 Å². The number of rotatable bonds is 2. The van der Waals surface area contributed by atoms with Crippen molar-refractivity contribution in [3.8, 4) is 0 Å². The molecule has 0 spiro atoms. The van der Waals surface area contributed by atoms with Crippen LogP contribution in [0.3, 0.4) is 0 Å². The van der Waals surface area contributed by atoms with Gasteiger partial charge in [-0.15, -0.1) is 11.3 Å². The third-order valence-electron chi connectivity index (χ3n) is 2.56. The van der Waals surface area contributed by atoms with Gasteiger partial charge in [-0.1, -0.05) is 25.4 Å². The average Bonchev–Trinajstić information content (AvgIpc) is 2.65. The van der Waals surface area contributed by atoms with Gasteiger partial charge in [0.2, 0.25) is 11.8 Å². The third-order valence-corrected chi connectivity index (χ3v) is 3.66.